The molecule has 0 aliphatic carbocycles. The van der Waals surface area contributed by atoms with Crippen LogP contribution in [0.1, 0.15) is 15.9 Å². The van der Waals surface area contributed by atoms with Crippen molar-refractivity contribution in [2.45, 2.75) is 0 Å². The normalized spacial score (nSPS) is 10.0. The van der Waals surface area contributed by atoms with E-state index in [1.54, 1.807) is 24.3 Å². The van der Waals surface area contributed by atoms with E-state index in [-0.39, 0.29) is 36.4 Å². The van der Waals surface area contributed by atoms with Crippen LogP contribution in [0.5, 0.6) is 0 Å². The molecule has 112 valence electrons. The predicted molar refractivity (Wildman–Crippen MR) is 80.4 cm³/mol. The average Bonchev–Trinajstić information content (AvgIpc) is 2.52. The van der Waals surface area contributed by atoms with Crippen LogP contribution >= 0.6 is 0 Å². The molecule has 1 amide bonds. The summed E-state index contributed by atoms with van der Waals surface area (Å²) in [5.41, 5.74) is 12.7. The van der Waals surface area contributed by atoms with E-state index < -0.39 is 0 Å². The highest BCUT2D eigenvalue weighted by atomic mass is 16.3. The predicted octanol–water partition coefficient (Wildman–Crippen LogP) is -0.0982. The van der Waals surface area contributed by atoms with Crippen LogP contribution in [0.25, 0.3) is 11.3 Å². The van der Waals surface area contributed by atoms with E-state index in [2.05, 4.69) is 15.3 Å². The lowest BCUT2D eigenvalue weighted by molar-refractivity contribution is 0.0945. The first-order chi connectivity index (χ1) is 10.6. The highest BCUT2D eigenvalue weighted by Crippen LogP contribution is 2.25. The number of carbonyl (C=O) groups is 1. The summed E-state index contributed by atoms with van der Waals surface area (Å²) in [6, 6.07) is 8.37. The first kappa shape index (κ1) is 15.2. The number of nitrogens with zero attached hydrogens (tertiary/aromatic N) is 3. The smallest absolute Gasteiger partial charge is 0.251 e. The molecule has 0 fully saturated rings. The monoisotopic (exact) mass is 298 g/mol. The molecule has 0 saturated carbocycles. The number of nitrogens with one attached hydrogen (secondary N) is 1. The van der Waals surface area contributed by atoms with Crippen LogP contribution in [-0.4, -0.2) is 34.1 Å². The van der Waals surface area contributed by atoms with Gasteiger partial charge in [-0.15, -0.1) is 0 Å². The molecule has 1 heterocycles. The lowest BCUT2D eigenvalue weighted by Gasteiger charge is -2.08. The van der Waals surface area contributed by atoms with Gasteiger partial charge in [-0.2, -0.15) is 10.2 Å². The molecule has 0 unspecified atom stereocenters. The fourth-order valence-electron chi connectivity index (χ4n) is 1.87. The Morgan fingerprint density at radius 2 is 1.95 bits per heavy atom. The van der Waals surface area contributed by atoms with Crippen molar-refractivity contribution in [2.24, 2.45) is 0 Å². The van der Waals surface area contributed by atoms with E-state index in [1.807, 2.05) is 6.07 Å². The summed E-state index contributed by atoms with van der Waals surface area (Å²) in [5.74, 6) is -0.325. The van der Waals surface area contributed by atoms with Gasteiger partial charge in [0.25, 0.3) is 5.91 Å². The summed E-state index contributed by atoms with van der Waals surface area (Å²) >= 11 is 0. The number of anilines is 2. The Bertz CT molecular complexity index is 736. The second kappa shape index (κ2) is 6.51. The molecular formula is C14H14N6O2. The maximum Gasteiger partial charge on any atom is 0.251 e. The molecular weight excluding hydrogens is 284 g/mol. The Morgan fingerprint density at radius 1 is 1.27 bits per heavy atom. The lowest BCUT2D eigenvalue weighted by atomic mass is 10.0. The zero-order valence-corrected chi connectivity index (χ0v) is 11.6. The molecule has 0 spiro atoms. The molecule has 6 N–H and O–H groups in total. The molecule has 1 aromatic heterocycles. The zero-order chi connectivity index (χ0) is 16.1. The molecule has 0 aliphatic rings. The van der Waals surface area contributed by atoms with E-state index in [9.17, 15) is 4.79 Å². The number of nitriles is 1. The van der Waals surface area contributed by atoms with E-state index >= 15 is 0 Å². The summed E-state index contributed by atoms with van der Waals surface area (Å²) in [6.07, 6.45) is 0. The minimum Gasteiger partial charge on any atom is -0.395 e. The number of hydrogen-bond donors (Lipinski definition) is 4. The average molecular weight is 298 g/mol. The van der Waals surface area contributed by atoms with Gasteiger partial charge in [-0.25, -0.2) is 4.98 Å². The van der Waals surface area contributed by atoms with Crippen LogP contribution in [0, 0.1) is 11.3 Å². The fourth-order valence-corrected chi connectivity index (χ4v) is 1.87. The van der Waals surface area contributed by atoms with E-state index in [1.165, 1.54) is 0 Å². The number of nitrogens with two attached hydrogens (primary N) is 2. The number of nitrogen functional groups attached to an aromatic ring is 2. The van der Waals surface area contributed by atoms with Gasteiger partial charge in [0.1, 0.15) is 17.5 Å². The largest absolute Gasteiger partial charge is 0.395 e. The van der Waals surface area contributed by atoms with Gasteiger partial charge in [-0.3, -0.25) is 4.79 Å². The van der Waals surface area contributed by atoms with Crippen LogP contribution in [0.3, 0.4) is 0 Å². The number of benzene rings is 1. The summed E-state index contributed by atoms with van der Waals surface area (Å²) in [6.45, 7) is 0.0486. The van der Waals surface area contributed by atoms with Crippen molar-refractivity contribution in [3.05, 3.63) is 35.4 Å². The molecule has 0 aliphatic heterocycles. The third-order valence-electron chi connectivity index (χ3n) is 2.88. The summed E-state index contributed by atoms with van der Waals surface area (Å²) in [7, 11) is 0. The third kappa shape index (κ3) is 3.11. The SMILES string of the molecule is N#Cc1c(N)nc(N)nc1-c1ccc(C(=O)NCCO)cc1. The molecule has 0 radical (unpaired) electrons. The minimum absolute atomic E-state index is 0.00904. The first-order valence-electron chi connectivity index (χ1n) is 6.39. The molecule has 2 aromatic rings. The van der Waals surface area contributed by atoms with Crippen molar-refractivity contribution < 1.29 is 9.90 Å². The van der Waals surface area contributed by atoms with Gasteiger partial charge in [-0.05, 0) is 12.1 Å². The number of aromatic nitrogens is 2. The minimum atomic E-state index is -0.303. The number of hydrogen-bond acceptors (Lipinski definition) is 7. The third-order valence-corrected chi connectivity index (χ3v) is 2.88. The number of aliphatic hydroxyl groups is 1. The number of rotatable bonds is 4. The van der Waals surface area contributed by atoms with Gasteiger partial charge in [-0.1, -0.05) is 12.1 Å². The number of aliphatic hydroxyl groups excluding tert-OH is 1. The summed E-state index contributed by atoms with van der Waals surface area (Å²) < 4.78 is 0. The van der Waals surface area contributed by atoms with E-state index in [0.717, 1.165) is 0 Å². The Labute approximate surface area is 126 Å². The number of amides is 1. The Hall–Kier alpha value is -3.18. The van der Waals surface area contributed by atoms with Crippen LogP contribution in [0.2, 0.25) is 0 Å². The summed E-state index contributed by atoms with van der Waals surface area (Å²) in [4.78, 5) is 19.5. The van der Waals surface area contributed by atoms with Gasteiger partial charge < -0.3 is 21.9 Å². The van der Waals surface area contributed by atoms with E-state index in [4.69, 9.17) is 21.8 Å². The van der Waals surface area contributed by atoms with Crippen LogP contribution in [0.15, 0.2) is 24.3 Å². The molecule has 0 atom stereocenters. The van der Waals surface area contributed by atoms with Crippen molar-refractivity contribution in [3.8, 4) is 17.3 Å². The molecule has 2 rings (SSSR count). The molecule has 8 nitrogen and oxygen atoms in total. The summed E-state index contributed by atoms with van der Waals surface area (Å²) in [5, 5.41) is 20.4. The molecule has 0 bridgehead atoms. The maximum atomic E-state index is 11.7. The van der Waals surface area contributed by atoms with Crippen molar-refractivity contribution in [1.29, 1.82) is 5.26 Å². The fraction of sp³-hybridized carbons (Fsp3) is 0.143. The van der Waals surface area contributed by atoms with Crippen molar-refractivity contribution >= 4 is 17.7 Å². The van der Waals surface area contributed by atoms with Crippen LogP contribution in [0.4, 0.5) is 11.8 Å². The Morgan fingerprint density at radius 3 is 2.55 bits per heavy atom. The molecule has 0 saturated heterocycles. The second-order valence-electron chi connectivity index (χ2n) is 4.36. The van der Waals surface area contributed by atoms with Gasteiger partial charge >= 0.3 is 0 Å². The van der Waals surface area contributed by atoms with Crippen LogP contribution < -0.4 is 16.8 Å². The maximum absolute atomic E-state index is 11.7. The first-order valence-corrected chi connectivity index (χ1v) is 6.39. The Balaban J connectivity index is 2.36. The highest BCUT2D eigenvalue weighted by Gasteiger charge is 2.13. The Kier molecular flexibility index (Phi) is 4.50. The molecule has 8 heteroatoms. The molecule has 22 heavy (non-hydrogen) atoms. The second-order valence-corrected chi connectivity index (χ2v) is 4.36. The topological polar surface area (TPSA) is 151 Å². The van der Waals surface area contributed by atoms with E-state index in [0.29, 0.717) is 16.8 Å². The highest BCUT2D eigenvalue weighted by molar-refractivity contribution is 5.94. The van der Waals surface area contributed by atoms with Gasteiger partial charge in [0.2, 0.25) is 5.95 Å². The quantitative estimate of drug-likeness (QED) is 0.615. The van der Waals surface area contributed by atoms with Gasteiger partial charge in [0.05, 0.1) is 12.3 Å². The lowest BCUT2D eigenvalue weighted by Crippen LogP contribution is -2.26. The van der Waals surface area contributed by atoms with Crippen molar-refractivity contribution in [2.75, 3.05) is 24.6 Å². The zero-order valence-electron chi connectivity index (χ0n) is 11.6. The van der Waals surface area contributed by atoms with Crippen molar-refractivity contribution in [1.82, 2.24) is 15.3 Å². The van der Waals surface area contributed by atoms with Gasteiger partial charge in [0, 0.05) is 17.7 Å². The number of carbonyl (C=O) groups excluding carboxylic acids is 1. The molecule has 1 aromatic carbocycles. The van der Waals surface area contributed by atoms with Crippen LogP contribution in [-0.2, 0) is 0 Å². The van der Waals surface area contributed by atoms with Crippen molar-refractivity contribution in [3.63, 3.8) is 0 Å². The van der Waals surface area contributed by atoms with Gasteiger partial charge in [0.15, 0.2) is 0 Å². The standard InChI is InChI=1S/C14H14N6O2/c15-7-10-11(19-14(17)20-12(10)16)8-1-3-9(4-2-8)13(22)18-5-6-21/h1-4,21H,5-6H2,(H,18,22)(H4,16,17,19,20).